The Balaban J connectivity index is 1.91. The van der Waals surface area contributed by atoms with Crippen LogP contribution < -0.4 is 15.8 Å². The van der Waals surface area contributed by atoms with E-state index in [1.807, 2.05) is 0 Å². The fraction of sp³-hybridized carbons (Fsp3) is 0.273. The van der Waals surface area contributed by atoms with Gasteiger partial charge < -0.3 is 20.5 Å². The first kappa shape index (κ1) is 23.9. The number of nitrogens with two attached hydrogens (primary N) is 1. The van der Waals surface area contributed by atoms with Crippen LogP contribution in [0, 0.1) is 0 Å². The van der Waals surface area contributed by atoms with Crippen LogP contribution in [0.1, 0.15) is 45.2 Å². The second-order valence-electron chi connectivity index (χ2n) is 7.19. The number of hydrogen-bond donors (Lipinski definition) is 2. The number of nitrogens with one attached hydrogen (secondary N) is 1. The zero-order valence-electron chi connectivity index (χ0n) is 17.3. The molecule has 0 unspecified atom stereocenters. The minimum atomic E-state index is -5.29. The van der Waals surface area contributed by atoms with Crippen molar-refractivity contribution in [2.45, 2.75) is 25.6 Å². The van der Waals surface area contributed by atoms with Gasteiger partial charge in [-0.1, -0.05) is 24.3 Å². The molecule has 33 heavy (non-hydrogen) atoms. The molecular weight excluding hydrogens is 445 g/mol. The molecule has 11 heteroatoms. The lowest BCUT2D eigenvalue weighted by Gasteiger charge is -2.23. The number of alkyl halides is 3. The van der Waals surface area contributed by atoms with Gasteiger partial charge in [-0.25, -0.2) is 4.79 Å². The molecule has 0 aliphatic heterocycles. The van der Waals surface area contributed by atoms with Crippen LogP contribution in [-0.2, 0) is 14.3 Å². The van der Waals surface area contributed by atoms with Crippen molar-refractivity contribution in [3.63, 3.8) is 0 Å². The van der Waals surface area contributed by atoms with Crippen molar-refractivity contribution in [1.29, 1.82) is 0 Å². The van der Waals surface area contributed by atoms with Crippen LogP contribution in [0.3, 0.4) is 0 Å². The van der Waals surface area contributed by atoms with E-state index < -0.39 is 47.0 Å². The number of rotatable bonds is 7. The molecule has 2 aromatic rings. The maximum Gasteiger partial charge on any atom is 0.491 e. The number of benzene rings is 2. The van der Waals surface area contributed by atoms with Crippen molar-refractivity contribution in [1.82, 2.24) is 0 Å². The average Bonchev–Trinajstić information content (AvgIpc) is 2.76. The quantitative estimate of drug-likeness (QED) is 0.311. The molecule has 174 valence electrons. The van der Waals surface area contributed by atoms with Crippen molar-refractivity contribution in [2.75, 3.05) is 18.5 Å². The third kappa shape index (κ3) is 5.03. The lowest BCUT2D eigenvalue weighted by Crippen LogP contribution is -2.30. The second-order valence-corrected chi connectivity index (χ2v) is 7.19. The van der Waals surface area contributed by atoms with Gasteiger partial charge in [-0.3, -0.25) is 14.4 Å². The van der Waals surface area contributed by atoms with Crippen molar-refractivity contribution < 1.29 is 41.8 Å². The third-order valence-electron chi connectivity index (χ3n) is 4.72. The summed E-state index contributed by atoms with van der Waals surface area (Å²) in [4.78, 5) is 48.9. The molecule has 3 rings (SSSR count). The van der Waals surface area contributed by atoms with E-state index in [0.717, 1.165) is 6.07 Å². The number of carbonyl (C=O) groups is 4. The molecule has 0 spiro atoms. The maximum absolute atomic E-state index is 13.1. The van der Waals surface area contributed by atoms with Crippen molar-refractivity contribution >= 4 is 29.2 Å². The summed E-state index contributed by atoms with van der Waals surface area (Å²) in [6.45, 7) is 1.70. The monoisotopic (exact) mass is 464 g/mol. The van der Waals surface area contributed by atoms with E-state index in [1.54, 1.807) is 6.07 Å². The molecular formula is C22H19F3N2O6. The third-order valence-corrected chi connectivity index (χ3v) is 4.72. The zero-order valence-corrected chi connectivity index (χ0v) is 17.3. The molecule has 0 saturated carbocycles. The van der Waals surface area contributed by atoms with Crippen molar-refractivity contribution in [3.8, 4) is 5.75 Å². The highest BCUT2D eigenvalue weighted by atomic mass is 19.4. The first-order valence-electron chi connectivity index (χ1n) is 9.83. The molecule has 1 atom stereocenters. The molecule has 0 bridgehead atoms. The Morgan fingerprint density at radius 3 is 2.21 bits per heavy atom. The van der Waals surface area contributed by atoms with Crippen LogP contribution in [0.4, 0.5) is 18.9 Å². The van der Waals surface area contributed by atoms with Crippen LogP contribution >= 0.6 is 0 Å². The van der Waals surface area contributed by atoms with Crippen LogP contribution in [0.2, 0.25) is 0 Å². The first-order valence-corrected chi connectivity index (χ1v) is 9.83. The highest BCUT2D eigenvalue weighted by Gasteiger charge is 2.43. The van der Waals surface area contributed by atoms with E-state index in [-0.39, 0.29) is 35.5 Å². The van der Waals surface area contributed by atoms with Gasteiger partial charge in [-0.15, -0.1) is 0 Å². The fourth-order valence-electron chi connectivity index (χ4n) is 3.18. The highest BCUT2D eigenvalue weighted by Crippen LogP contribution is 2.38. The van der Waals surface area contributed by atoms with Crippen LogP contribution in [0.5, 0.6) is 5.75 Å². The summed E-state index contributed by atoms with van der Waals surface area (Å²) in [5.74, 6) is -5.13. The molecule has 0 saturated heterocycles. The van der Waals surface area contributed by atoms with E-state index in [0.29, 0.717) is 6.42 Å². The lowest BCUT2D eigenvalue weighted by atomic mass is 9.82. The predicted molar refractivity (Wildman–Crippen MR) is 109 cm³/mol. The first-order chi connectivity index (χ1) is 15.5. The molecule has 0 radical (unpaired) electrons. The smallest absolute Gasteiger partial charge is 0.464 e. The predicted octanol–water partition coefficient (Wildman–Crippen LogP) is 2.62. The van der Waals surface area contributed by atoms with Crippen LogP contribution in [0.25, 0.3) is 0 Å². The Morgan fingerprint density at radius 1 is 1.03 bits per heavy atom. The molecule has 8 nitrogen and oxygen atoms in total. The molecule has 3 N–H and O–H groups in total. The van der Waals surface area contributed by atoms with Gasteiger partial charge in [0, 0.05) is 23.4 Å². The van der Waals surface area contributed by atoms with E-state index in [1.165, 1.54) is 31.2 Å². The topological polar surface area (TPSA) is 125 Å². The summed E-state index contributed by atoms with van der Waals surface area (Å²) in [6, 6.07) is 7.31. The van der Waals surface area contributed by atoms with Crippen molar-refractivity contribution in [2.24, 2.45) is 5.73 Å². The van der Waals surface area contributed by atoms with Gasteiger partial charge in [0.1, 0.15) is 11.8 Å². The number of ketones is 2. The zero-order chi connectivity index (χ0) is 24.3. The van der Waals surface area contributed by atoms with Gasteiger partial charge in [0.25, 0.3) is 0 Å². The lowest BCUT2D eigenvalue weighted by molar-refractivity contribution is -0.189. The Bertz CT molecular complexity index is 1130. The largest absolute Gasteiger partial charge is 0.491 e. The van der Waals surface area contributed by atoms with E-state index in [4.69, 9.17) is 10.5 Å². The van der Waals surface area contributed by atoms with Crippen LogP contribution in [-0.4, -0.2) is 48.9 Å². The average molecular weight is 464 g/mol. The number of esters is 2. The van der Waals surface area contributed by atoms with Gasteiger partial charge in [-0.2, -0.15) is 13.2 Å². The summed E-state index contributed by atoms with van der Waals surface area (Å²) in [6.07, 6.45) is -4.97. The standard InChI is InChI=1S/C22H19F3N2O6/c1-11(26)20(30)32-10-4-9-27-14-7-8-15(33-21(31)22(23,24)25)17-16(14)18(28)12-5-2-3-6-13(12)19(17)29/h2-3,5-8,11,27H,4,9-10,26H2,1H3/t11-/m0/s1. The number of carbonyl (C=O) groups excluding carboxylic acids is 4. The molecule has 0 aromatic heterocycles. The van der Waals surface area contributed by atoms with Gasteiger partial charge in [0.05, 0.1) is 17.7 Å². The Labute approximate surface area is 185 Å². The molecule has 0 fully saturated rings. The fourth-order valence-corrected chi connectivity index (χ4v) is 3.18. The molecule has 1 aliphatic rings. The summed E-state index contributed by atoms with van der Waals surface area (Å²) in [5, 5.41) is 2.91. The number of hydrogen-bond acceptors (Lipinski definition) is 8. The minimum Gasteiger partial charge on any atom is -0.464 e. The normalized spacial score (nSPS) is 13.6. The Morgan fingerprint density at radius 2 is 1.64 bits per heavy atom. The van der Waals surface area contributed by atoms with Crippen LogP contribution in [0.15, 0.2) is 36.4 Å². The van der Waals surface area contributed by atoms with Crippen molar-refractivity contribution in [3.05, 3.63) is 58.7 Å². The Kier molecular flexibility index (Phi) is 6.82. The number of ether oxygens (including phenoxy) is 2. The van der Waals surface area contributed by atoms with Gasteiger partial charge >= 0.3 is 18.1 Å². The van der Waals surface area contributed by atoms with E-state index in [9.17, 15) is 32.3 Å². The molecule has 1 aliphatic carbocycles. The summed E-state index contributed by atoms with van der Waals surface area (Å²) in [5.41, 5.74) is 4.96. The summed E-state index contributed by atoms with van der Waals surface area (Å²) < 4.78 is 47.5. The van der Waals surface area contributed by atoms with Gasteiger partial charge in [0.15, 0.2) is 11.6 Å². The SMILES string of the molecule is C[C@H](N)C(=O)OCCCNc1ccc(OC(=O)C(F)(F)F)c2c1C(=O)c1ccccc1C2=O. The molecule has 0 heterocycles. The van der Waals surface area contributed by atoms with E-state index in [2.05, 4.69) is 10.1 Å². The molecule has 0 amide bonds. The number of anilines is 1. The maximum atomic E-state index is 13.1. The highest BCUT2D eigenvalue weighted by molar-refractivity contribution is 6.31. The Hall–Kier alpha value is -3.73. The second kappa shape index (κ2) is 9.41. The molecule has 2 aromatic carbocycles. The van der Waals surface area contributed by atoms with Gasteiger partial charge in [0.2, 0.25) is 0 Å². The summed E-state index contributed by atoms with van der Waals surface area (Å²) in [7, 11) is 0. The van der Waals surface area contributed by atoms with Gasteiger partial charge in [-0.05, 0) is 25.5 Å². The number of fused-ring (bicyclic) bond motifs is 2. The summed E-state index contributed by atoms with van der Waals surface area (Å²) >= 11 is 0. The van der Waals surface area contributed by atoms with E-state index >= 15 is 0 Å². The minimum absolute atomic E-state index is 0.0146. The number of halogens is 3.